The molecule has 2 heteroatoms. The highest BCUT2D eigenvalue weighted by atomic mass is 16.3. The van der Waals surface area contributed by atoms with Gasteiger partial charge in [0.05, 0.1) is 5.60 Å². The third-order valence-corrected chi connectivity index (χ3v) is 5.16. The van der Waals surface area contributed by atoms with E-state index in [0.29, 0.717) is 12.1 Å². The van der Waals surface area contributed by atoms with Crippen LogP contribution in [0.3, 0.4) is 0 Å². The molecule has 2 aromatic carbocycles. The maximum Gasteiger partial charge on any atom is 0.118 e. The van der Waals surface area contributed by atoms with Crippen molar-refractivity contribution in [2.45, 2.75) is 44.4 Å². The normalized spacial score (nSPS) is 31.9. The second-order valence-electron chi connectivity index (χ2n) is 6.72. The predicted octanol–water partition coefficient (Wildman–Crippen LogP) is 3.21. The summed E-state index contributed by atoms with van der Waals surface area (Å²) in [5.74, 6) is 0.273. The Hall–Kier alpha value is -1.64. The van der Waals surface area contributed by atoms with Crippen LogP contribution in [0, 0.1) is 5.92 Å². The molecule has 1 aliphatic rings. The summed E-state index contributed by atoms with van der Waals surface area (Å²) < 4.78 is 0. The Kier molecular flexibility index (Phi) is 4.32. The van der Waals surface area contributed by atoms with Crippen molar-refractivity contribution in [2.24, 2.45) is 5.92 Å². The summed E-state index contributed by atoms with van der Waals surface area (Å²) in [6.45, 7) is 4.20. The lowest BCUT2D eigenvalue weighted by atomic mass is 9.71. The van der Waals surface area contributed by atoms with E-state index in [1.54, 1.807) is 0 Å². The summed E-state index contributed by atoms with van der Waals surface area (Å²) in [6, 6.07) is 21.8. The first-order valence-corrected chi connectivity index (χ1v) is 8.29. The SMILES string of the molecule is CCC1C(c2ccccc2)[NH2+]C(c2ccccc2)CC1(C)O. The Labute approximate surface area is 133 Å². The number of piperidine rings is 1. The summed E-state index contributed by atoms with van der Waals surface area (Å²) in [7, 11) is 0. The van der Waals surface area contributed by atoms with Crippen LogP contribution in [-0.2, 0) is 0 Å². The van der Waals surface area contributed by atoms with E-state index in [-0.39, 0.29) is 5.92 Å². The fraction of sp³-hybridized carbons (Fsp3) is 0.400. The van der Waals surface area contributed by atoms with Gasteiger partial charge in [-0.2, -0.15) is 0 Å². The zero-order valence-electron chi connectivity index (χ0n) is 13.4. The van der Waals surface area contributed by atoms with Gasteiger partial charge in [-0.05, 0) is 13.3 Å². The van der Waals surface area contributed by atoms with Gasteiger partial charge in [-0.15, -0.1) is 0 Å². The van der Waals surface area contributed by atoms with Gasteiger partial charge < -0.3 is 10.4 Å². The second kappa shape index (κ2) is 6.23. The van der Waals surface area contributed by atoms with Crippen LogP contribution in [0.4, 0.5) is 0 Å². The van der Waals surface area contributed by atoms with E-state index in [2.05, 4.69) is 66.8 Å². The first-order chi connectivity index (χ1) is 10.6. The van der Waals surface area contributed by atoms with Crippen molar-refractivity contribution in [2.75, 3.05) is 0 Å². The second-order valence-corrected chi connectivity index (χ2v) is 6.72. The summed E-state index contributed by atoms with van der Waals surface area (Å²) in [5, 5.41) is 13.5. The molecule has 4 atom stereocenters. The molecule has 0 amide bonds. The van der Waals surface area contributed by atoms with Gasteiger partial charge in [-0.25, -0.2) is 0 Å². The topological polar surface area (TPSA) is 36.8 Å². The summed E-state index contributed by atoms with van der Waals surface area (Å²) in [4.78, 5) is 0. The van der Waals surface area contributed by atoms with Crippen LogP contribution in [0.5, 0.6) is 0 Å². The number of quaternary nitrogens is 1. The molecule has 0 spiro atoms. The van der Waals surface area contributed by atoms with Crippen molar-refractivity contribution in [3.8, 4) is 0 Å². The molecule has 1 heterocycles. The molecule has 2 aromatic rings. The minimum atomic E-state index is -0.634. The molecule has 2 nitrogen and oxygen atoms in total. The molecule has 4 unspecified atom stereocenters. The Morgan fingerprint density at radius 2 is 1.55 bits per heavy atom. The molecule has 0 bridgehead atoms. The third kappa shape index (κ3) is 2.94. The van der Waals surface area contributed by atoms with Gasteiger partial charge >= 0.3 is 0 Å². The first kappa shape index (κ1) is 15.3. The predicted molar refractivity (Wildman–Crippen MR) is 89.3 cm³/mol. The largest absolute Gasteiger partial charge is 0.389 e. The Balaban J connectivity index is 1.95. The van der Waals surface area contributed by atoms with Crippen LogP contribution in [0.15, 0.2) is 60.7 Å². The molecular formula is C20H26NO+. The van der Waals surface area contributed by atoms with Crippen molar-refractivity contribution in [3.05, 3.63) is 71.8 Å². The van der Waals surface area contributed by atoms with Crippen molar-refractivity contribution in [1.82, 2.24) is 0 Å². The van der Waals surface area contributed by atoms with E-state index in [1.165, 1.54) is 11.1 Å². The Morgan fingerprint density at radius 3 is 2.09 bits per heavy atom. The lowest BCUT2D eigenvalue weighted by Gasteiger charge is -2.44. The monoisotopic (exact) mass is 296 g/mol. The quantitative estimate of drug-likeness (QED) is 0.896. The molecule has 1 fully saturated rings. The molecule has 116 valence electrons. The van der Waals surface area contributed by atoms with Gasteiger partial charge in [0.15, 0.2) is 0 Å². The maximum atomic E-state index is 11.1. The fourth-order valence-electron chi connectivity index (χ4n) is 4.08. The highest BCUT2D eigenvalue weighted by Gasteiger charge is 2.47. The van der Waals surface area contributed by atoms with E-state index in [9.17, 15) is 5.11 Å². The van der Waals surface area contributed by atoms with E-state index >= 15 is 0 Å². The third-order valence-electron chi connectivity index (χ3n) is 5.16. The molecule has 1 aliphatic heterocycles. The van der Waals surface area contributed by atoms with Crippen LogP contribution in [0.1, 0.15) is 49.9 Å². The molecular weight excluding hydrogens is 270 g/mol. The van der Waals surface area contributed by atoms with Crippen molar-refractivity contribution < 1.29 is 10.4 Å². The van der Waals surface area contributed by atoms with Crippen LogP contribution in [-0.4, -0.2) is 10.7 Å². The van der Waals surface area contributed by atoms with E-state index in [1.807, 2.05) is 13.0 Å². The van der Waals surface area contributed by atoms with Gasteiger partial charge in [-0.1, -0.05) is 67.6 Å². The van der Waals surface area contributed by atoms with Gasteiger partial charge in [0, 0.05) is 23.5 Å². The lowest BCUT2D eigenvalue weighted by Crippen LogP contribution is -2.91. The average Bonchev–Trinajstić information content (AvgIpc) is 2.55. The zero-order valence-corrected chi connectivity index (χ0v) is 13.4. The fourth-order valence-corrected chi connectivity index (χ4v) is 4.08. The molecule has 3 rings (SSSR count). The number of rotatable bonds is 3. The standard InChI is InChI=1S/C20H25NO/c1-3-17-19(16-12-8-5-9-13-16)21-18(14-20(17,2)22)15-10-6-4-7-11-15/h4-13,17-19,21-22H,3,14H2,1-2H3/p+1. The number of hydrogen-bond donors (Lipinski definition) is 2. The van der Waals surface area contributed by atoms with E-state index in [0.717, 1.165) is 12.8 Å². The van der Waals surface area contributed by atoms with Gasteiger partial charge in [0.1, 0.15) is 12.1 Å². The first-order valence-electron chi connectivity index (χ1n) is 8.29. The van der Waals surface area contributed by atoms with Crippen LogP contribution in [0.2, 0.25) is 0 Å². The van der Waals surface area contributed by atoms with Crippen LogP contribution >= 0.6 is 0 Å². The van der Waals surface area contributed by atoms with E-state index in [4.69, 9.17) is 0 Å². The van der Waals surface area contributed by atoms with Gasteiger partial charge in [0.2, 0.25) is 0 Å². The molecule has 0 aliphatic carbocycles. The van der Waals surface area contributed by atoms with Crippen LogP contribution in [0.25, 0.3) is 0 Å². The molecule has 0 radical (unpaired) electrons. The van der Waals surface area contributed by atoms with Crippen molar-refractivity contribution in [3.63, 3.8) is 0 Å². The van der Waals surface area contributed by atoms with Crippen molar-refractivity contribution >= 4 is 0 Å². The van der Waals surface area contributed by atoms with Gasteiger partial charge in [0.25, 0.3) is 0 Å². The van der Waals surface area contributed by atoms with E-state index < -0.39 is 5.60 Å². The van der Waals surface area contributed by atoms with Gasteiger partial charge in [-0.3, -0.25) is 0 Å². The smallest absolute Gasteiger partial charge is 0.118 e. The van der Waals surface area contributed by atoms with Crippen molar-refractivity contribution in [1.29, 1.82) is 0 Å². The molecule has 1 saturated heterocycles. The average molecular weight is 296 g/mol. The molecule has 22 heavy (non-hydrogen) atoms. The number of benzene rings is 2. The zero-order chi connectivity index (χ0) is 15.6. The Bertz CT molecular complexity index is 594. The molecule has 0 aromatic heterocycles. The highest BCUT2D eigenvalue weighted by molar-refractivity contribution is 5.22. The molecule has 3 N–H and O–H groups in total. The minimum Gasteiger partial charge on any atom is -0.389 e. The Morgan fingerprint density at radius 1 is 1.00 bits per heavy atom. The highest BCUT2D eigenvalue weighted by Crippen LogP contribution is 2.40. The molecule has 0 saturated carbocycles. The number of hydrogen-bond acceptors (Lipinski definition) is 1. The summed E-state index contributed by atoms with van der Waals surface area (Å²) in [6.07, 6.45) is 1.80. The number of nitrogens with two attached hydrogens (primary N) is 1. The minimum absolute atomic E-state index is 0.273. The summed E-state index contributed by atoms with van der Waals surface area (Å²) >= 11 is 0. The number of aliphatic hydroxyl groups is 1. The maximum absolute atomic E-state index is 11.1. The lowest BCUT2D eigenvalue weighted by molar-refractivity contribution is -0.756. The van der Waals surface area contributed by atoms with Crippen LogP contribution < -0.4 is 5.32 Å². The summed E-state index contributed by atoms with van der Waals surface area (Å²) in [5.41, 5.74) is 1.98.